The molecule has 0 amide bonds. The lowest BCUT2D eigenvalue weighted by atomic mass is 10.2. The third-order valence-electron chi connectivity index (χ3n) is 2.42. The van der Waals surface area contributed by atoms with Gasteiger partial charge in [-0.2, -0.15) is 0 Å². The SMILES string of the molecule is CCOc1ccccc1CNc1cccnc1. The zero-order chi connectivity index (χ0) is 11.9. The molecule has 0 aliphatic heterocycles. The van der Waals surface area contributed by atoms with Gasteiger partial charge in [0.05, 0.1) is 12.3 Å². The van der Waals surface area contributed by atoms with Crippen LogP contribution in [0.15, 0.2) is 48.8 Å². The Morgan fingerprint density at radius 3 is 2.82 bits per heavy atom. The van der Waals surface area contributed by atoms with E-state index in [4.69, 9.17) is 4.74 Å². The van der Waals surface area contributed by atoms with E-state index >= 15 is 0 Å². The molecule has 0 saturated heterocycles. The Hall–Kier alpha value is -2.03. The number of rotatable bonds is 5. The van der Waals surface area contributed by atoms with Crippen molar-refractivity contribution in [1.29, 1.82) is 0 Å². The van der Waals surface area contributed by atoms with Crippen LogP contribution in [0.5, 0.6) is 5.75 Å². The van der Waals surface area contributed by atoms with Gasteiger partial charge in [0.15, 0.2) is 0 Å². The second-order valence-electron chi connectivity index (χ2n) is 3.64. The minimum absolute atomic E-state index is 0.684. The summed E-state index contributed by atoms with van der Waals surface area (Å²) < 4.78 is 5.57. The maximum absolute atomic E-state index is 5.57. The minimum Gasteiger partial charge on any atom is -0.494 e. The quantitative estimate of drug-likeness (QED) is 0.853. The number of nitrogens with zero attached hydrogens (tertiary/aromatic N) is 1. The fraction of sp³-hybridized carbons (Fsp3) is 0.214. The van der Waals surface area contributed by atoms with Gasteiger partial charge in [-0.05, 0) is 25.1 Å². The normalized spacial score (nSPS) is 9.94. The Bertz CT molecular complexity index is 457. The van der Waals surface area contributed by atoms with E-state index in [1.54, 1.807) is 6.20 Å². The number of hydrogen-bond acceptors (Lipinski definition) is 3. The zero-order valence-corrected chi connectivity index (χ0v) is 9.89. The average molecular weight is 228 g/mol. The van der Waals surface area contributed by atoms with E-state index in [0.717, 1.165) is 23.5 Å². The van der Waals surface area contributed by atoms with Crippen LogP contribution in [0.2, 0.25) is 0 Å². The number of pyridine rings is 1. The summed E-state index contributed by atoms with van der Waals surface area (Å²) in [5, 5.41) is 3.32. The molecule has 88 valence electrons. The molecule has 1 aromatic carbocycles. The van der Waals surface area contributed by atoms with Crippen molar-refractivity contribution in [2.45, 2.75) is 13.5 Å². The maximum Gasteiger partial charge on any atom is 0.124 e. The molecule has 3 heteroatoms. The summed E-state index contributed by atoms with van der Waals surface area (Å²) >= 11 is 0. The van der Waals surface area contributed by atoms with E-state index in [1.165, 1.54) is 0 Å². The van der Waals surface area contributed by atoms with Gasteiger partial charge in [-0.1, -0.05) is 18.2 Å². The van der Waals surface area contributed by atoms with Crippen LogP contribution in [-0.4, -0.2) is 11.6 Å². The smallest absolute Gasteiger partial charge is 0.124 e. The standard InChI is InChI=1S/C14H16N2O/c1-2-17-14-8-4-3-6-12(14)10-16-13-7-5-9-15-11-13/h3-9,11,16H,2,10H2,1H3. The highest BCUT2D eigenvalue weighted by Crippen LogP contribution is 2.19. The summed E-state index contributed by atoms with van der Waals surface area (Å²) in [6.07, 6.45) is 3.57. The Morgan fingerprint density at radius 1 is 1.18 bits per heavy atom. The highest BCUT2D eigenvalue weighted by atomic mass is 16.5. The zero-order valence-electron chi connectivity index (χ0n) is 9.89. The fourth-order valence-corrected chi connectivity index (χ4v) is 1.61. The van der Waals surface area contributed by atoms with Gasteiger partial charge in [-0.3, -0.25) is 4.98 Å². The van der Waals surface area contributed by atoms with E-state index in [9.17, 15) is 0 Å². The van der Waals surface area contributed by atoms with Crippen molar-refractivity contribution < 1.29 is 4.74 Å². The molecule has 0 aliphatic carbocycles. The second-order valence-corrected chi connectivity index (χ2v) is 3.64. The molecule has 3 nitrogen and oxygen atoms in total. The third kappa shape index (κ3) is 3.21. The molecule has 1 aromatic heterocycles. The highest BCUT2D eigenvalue weighted by molar-refractivity contribution is 5.43. The summed E-state index contributed by atoms with van der Waals surface area (Å²) in [7, 11) is 0. The van der Waals surface area contributed by atoms with Crippen LogP contribution >= 0.6 is 0 Å². The molecule has 0 saturated carbocycles. The van der Waals surface area contributed by atoms with E-state index < -0.39 is 0 Å². The molecule has 0 bridgehead atoms. The Balaban J connectivity index is 2.03. The highest BCUT2D eigenvalue weighted by Gasteiger charge is 2.01. The molecular formula is C14H16N2O. The van der Waals surface area contributed by atoms with Crippen molar-refractivity contribution in [2.24, 2.45) is 0 Å². The van der Waals surface area contributed by atoms with Crippen LogP contribution in [0, 0.1) is 0 Å². The predicted molar refractivity (Wildman–Crippen MR) is 69.2 cm³/mol. The minimum atomic E-state index is 0.684. The third-order valence-corrected chi connectivity index (χ3v) is 2.42. The van der Waals surface area contributed by atoms with Gasteiger partial charge in [0.25, 0.3) is 0 Å². The van der Waals surface area contributed by atoms with Crippen LogP contribution in [0.4, 0.5) is 5.69 Å². The van der Waals surface area contributed by atoms with E-state index in [1.807, 2.05) is 43.5 Å². The molecule has 2 rings (SSSR count). The second kappa shape index (κ2) is 5.89. The first-order valence-electron chi connectivity index (χ1n) is 5.74. The van der Waals surface area contributed by atoms with Crippen LogP contribution < -0.4 is 10.1 Å². The average Bonchev–Trinajstić information content (AvgIpc) is 2.39. The van der Waals surface area contributed by atoms with Crippen LogP contribution in [0.1, 0.15) is 12.5 Å². The largest absolute Gasteiger partial charge is 0.494 e. The monoisotopic (exact) mass is 228 g/mol. The molecule has 2 aromatic rings. The van der Waals surface area contributed by atoms with E-state index in [-0.39, 0.29) is 0 Å². The van der Waals surface area contributed by atoms with Crippen molar-refractivity contribution in [3.63, 3.8) is 0 Å². The summed E-state index contributed by atoms with van der Waals surface area (Å²) in [5.41, 5.74) is 2.16. The Labute approximate surface area is 101 Å². The van der Waals surface area contributed by atoms with Crippen LogP contribution in [0.3, 0.4) is 0 Å². The number of anilines is 1. The van der Waals surface area contributed by atoms with E-state index in [2.05, 4.69) is 16.4 Å². The first kappa shape index (κ1) is 11.5. The van der Waals surface area contributed by atoms with Crippen molar-refractivity contribution in [1.82, 2.24) is 4.98 Å². The molecule has 0 atom stereocenters. The molecule has 0 radical (unpaired) electrons. The number of benzene rings is 1. The molecule has 0 aliphatic rings. The Kier molecular flexibility index (Phi) is 3.97. The number of para-hydroxylation sites is 1. The molecular weight excluding hydrogens is 212 g/mol. The molecule has 1 heterocycles. The topological polar surface area (TPSA) is 34.1 Å². The summed E-state index contributed by atoms with van der Waals surface area (Å²) in [6.45, 7) is 3.41. The lowest BCUT2D eigenvalue weighted by Crippen LogP contribution is -2.03. The van der Waals surface area contributed by atoms with Gasteiger partial charge in [-0.25, -0.2) is 0 Å². The van der Waals surface area contributed by atoms with Crippen molar-refractivity contribution >= 4 is 5.69 Å². The first-order valence-corrected chi connectivity index (χ1v) is 5.74. The molecule has 0 unspecified atom stereocenters. The van der Waals surface area contributed by atoms with Crippen LogP contribution in [-0.2, 0) is 6.54 Å². The lowest BCUT2D eigenvalue weighted by molar-refractivity contribution is 0.337. The van der Waals surface area contributed by atoms with Gasteiger partial charge in [0, 0.05) is 24.5 Å². The number of hydrogen-bond donors (Lipinski definition) is 1. The maximum atomic E-state index is 5.57. The van der Waals surface area contributed by atoms with Gasteiger partial charge in [-0.15, -0.1) is 0 Å². The number of nitrogens with one attached hydrogen (secondary N) is 1. The fourth-order valence-electron chi connectivity index (χ4n) is 1.61. The molecule has 0 spiro atoms. The van der Waals surface area contributed by atoms with Crippen LogP contribution in [0.25, 0.3) is 0 Å². The van der Waals surface area contributed by atoms with Gasteiger partial charge >= 0.3 is 0 Å². The molecule has 1 N–H and O–H groups in total. The molecule has 17 heavy (non-hydrogen) atoms. The number of ether oxygens (including phenoxy) is 1. The van der Waals surface area contributed by atoms with Crippen molar-refractivity contribution in [3.8, 4) is 5.75 Å². The van der Waals surface area contributed by atoms with E-state index in [0.29, 0.717) is 6.61 Å². The van der Waals surface area contributed by atoms with Gasteiger partial charge < -0.3 is 10.1 Å². The summed E-state index contributed by atoms with van der Waals surface area (Å²) in [5.74, 6) is 0.936. The van der Waals surface area contributed by atoms with Gasteiger partial charge in [0.1, 0.15) is 5.75 Å². The number of aromatic nitrogens is 1. The first-order chi connectivity index (χ1) is 8.40. The summed E-state index contributed by atoms with van der Waals surface area (Å²) in [4.78, 5) is 4.06. The summed E-state index contributed by atoms with van der Waals surface area (Å²) in [6, 6.07) is 12.0. The van der Waals surface area contributed by atoms with Crippen molar-refractivity contribution in [2.75, 3.05) is 11.9 Å². The predicted octanol–water partition coefficient (Wildman–Crippen LogP) is 3.09. The van der Waals surface area contributed by atoms with Crippen molar-refractivity contribution in [3.05, 3.63) is 54.4 Å². The Morgan fingerprint density at radius 2 is 2.06 bits per heavy atom. The lowest BCUT2D eigenvalue weighted by Gasteiger charge is -2.11. The molecule has 0 fully saturated rings. The van der Waals surface area contributed by atoms with Gasteiger partial charge in [0.2, 0.25) is 0 Å².